The molecule has 0 bridgehead atoms. The molecule has 0 aliphatic carbocycles. The lowest BCUT2D eigenvalue weighted by Crippen LogP contribution is -2.12. The molecule has 2 aromatic rings. The number of thioether (sulfide) groups is 1. The van der Waals surface area contributed by atoms with Gasteiger partial charge in [0.25, 0.3) is 0 Å². The summed E-state index contributed by atoms with van der Waals surface area (Å²) in [5, 5.41) is 7.77. The Kier molecular flexibility index (Phi) is 5.26. The average Bonchev–Trinajstić information content (AvgIpc) is 2.84. The number of hydrogen-bond donors (Lipinski definition) is 1. The molecule has 1 N–H and O–H groups in total. The number of aryl methyl sites for hydroxylation is 2. The minimum atomic E-state index is 0.388. The lowest BCUT2D eigenvalue weighted by molar-refractivity contribution is 0.632. The topological polar surface area (TPSA) is 29.9 Å². The highest BCUT2D eigenvalue weighted by Crippen LogP contribution is 2.25. The van der Waals surface area contributed by atoms with Crippen LogP contribution in [0, 0.1) is 6.92 Å². The van der Waals surface area contributed by atoms with Gasteiger partial charge in [-0.25, -0.2) is 0 Å². The van der Waals surface area contributed by atoms with Crippen molar-refractivity contribution in [3.05, 3.63) is 47.3 Å². The molecule has 0 aliphatic rings. The van der Waals surface area contributed by atoms with Crippen molar-refractivity contribution in [3.63, 3.8) is 0 Å². The van der Waals surface area contributed by atoms with Crippen molar-refractivity contribution in [2.24, 2.45) is 0 Å². The van der Waals surface area contributed by atoms with Crippen molar-refractivity contribution in [3.8, 4) is 0 Å². The summed E-state index contributed by atoms with van der Waals surface area (Å²) in [5.74, 6) is 0.964. The second-order valence-electron chi connectivity index (χ2n) is 4.96. The molecule has 2 rings (SSSR count). The Bertz CT molecular complexity index is 563. The van der Waals surface area contributed by atoms with E-state index in [-0.39, 0.29) is 0 Å². The quantitative estimate of drug-likeness (QED) is 0.821. The maximum atomic E-state index is 4.49. The normalized spacial score (nSPS) is 12.6. The summed E-state index contributed by atoms with van der Waals surface area (Å²) in [7, 11) is 1.99. The number of benzene rings is 1. The fourth-order valence-corrected chi connectivity index (χ4v) is 3.13. The number of rotatable bonds is 6. The lowest BCUT2D eigenvalue weighted by atomic mass is 10.1. The van der Waals surface area contributed by atoms with E-state index in [4.69, 9.17) is 0 Å². The van der Waals surface area contributed by atoms with Gasteiger partial charge in [-0.3, -0.25) is 4.68 Å². The third kappa shape index (κ3) is 3.64. The minimum Gasteiger partial charge on any atom is -0.313 e. The highest BCUT2D eigenvalue weighted by atomic mass is 32.2. The summed E-state index contributed by atoms with van der Waals surface area (Å²) in [6.45, 7) is 7.30. The van der Waals surface area contributed by atoms with Crippen LogP contribution in [0.4, 0.5) is 0 Å². The van der Waals surface area contributed by atoms with Gasteiger partial charge >= 0.3 is 0 Å². The van der Waals surface area contributed by atoms with Gasteiger partial charge in [0.15, 0.2) is 0 Å². The molecule has 20 heavy (non-hydrogen) atoms. The molecule has 0 saturated carbocycles. The molecule has 1 atom stereocenters. The Morgan fingerprint density at radius 2 is 2.15 bits per heavy atom. The summed E-state index contributed by atoms with van der Waals surface area (Å²) in [6.07, 6.45) is 0. The van der Waals surface area contributed by atoms with Gasteiger partial charge < -0.3 is 5.32 Å². The van der Waals surface area contributed by atoms with Crippen LogP contribution >= 0.6 is 11.8 Å². The fraction of sp³-hybridized carbons (Fsp3) is 0.438. The second kappa shape index (κ2) is 6.95. The van der Waals surface area contributed by atoms with Gasteiger partial charge in [-0.2, -0.15) is 5.10 Å². The van der Waals surface area contributed by atoms with E-state index in [1.165, 1.54) is 16.2 Å². The summed E-state index contributed by atoms with van der Waals surface area (Å²) in [4.78, 5) is 1.31. The summed E-state index contributed by atoms with van der Waals surface area (Å²) >= 11 is 1.87. The van der Waals surface area contributed by atoms with Crippen molar-refractivity contribution in [2.45, 2.75) is 44.0 Å². The molecule has 1 unspecified atom stereocenters. The standard InChI is InChI=1S/C16H23N3S/c1-5-19-15(9-12(2)18-19)11-20-16-8-6-7-14(10-16)13(3)17-4/h6-10,13,17H,5,11H2,1-4H3. The van der Waals surface area contributed by atoms with Gasteiger partial charge in [0.2, 0.25) is 0 Å². The molecule has 0 aliphatic heterocycles. The van der Waals surface area contributed by atoms with Crippen LogP contribution < -0.4 is 5.32 Å². The van der Waals surface area contributed by atoms with E-state index in [0.29, 0.717) is 6.04 Å². The van der Waals surface area contributed by atoms with Crippen molar-refractivity contribution in [1.82, 2.24) is 15.1 Å². The van der Waals surface area contributed by atoms with Gasteiger partial charge in [-0.05, 0) is 51.6 Å². The van der Waals surface area contributed by atoms with Crippen LogP contribution in [0.25, 0.3) is 0 Å². The minimum absolute atomic E-state index is 0.388. The Morgan fingerprint density at radius 3 is 2.85 bits per heavy atom. The van der Waals surface area contributed by atoms with Crippen LogP contribution in [0.1, 0.15) is 36.8 Å². The van der Waals surface area contributed by atoms with Gasteiger partial charge in [0.1, 0.15) is 0 Å². The highest BCUT2D eigenvalue weighted by molar-refractivity contribution is 7.98. The van der Waals surface area contributed by atoms with Crippen LogP contribution in [0.5, 0.6) is 0 Å². The van der Waals surface area contributed by atoms with E-state index < -0.39 is 0 Å². The molecule has 0 fully saturated rings. The molecule has 1 aromatic carbocycles. The molecule has 1 aromatic heterocycles. The highest BCUT2D eigenvalue weighted by Gasteiger charge is 2.07. The van der Waals surface area contributed by atoms with Crippen LogP contribution in [-0.2, 0) is 12.3 Å². The zero-order valence-electron chi connectivity index (χ0n) is 12.7. The molecule has 0 spiro atoms. The van der Waals surface area contributed by atoms with Gasteiger partial charge in [-0.1, -0.05) is 12.1 Å². The molecule has 4 heteroatoms. The Morgan fingerprint density at radius 1 is 1.35 bits per heavy atom. The van der Waals surface area contributed by atoms with Crippen molar-refractivity contribution in [2.75, 3.05) is 7.05 Å². The summed E-state index contributed by atoms with van der Waals surface area (Å²) in [6, 6.07) is 11.3. The third-order valence-corrected chi connectivity index (χ3v) is 4.49. The third-order valence-electron chi connectivity index (χ3n) is 3.46. The number of nitrogens with zero attached hydrogens (tertiary/aromatic N) is 2. The first kappa shape index (κ1) is 15.1. The van der Waals surface area contributed by atoms with Crippen molar-refractivity contribution >= 4 is 11.8 Å². The van der Waals surface area contributed by atoms with Crippen LogP contribution in [-0.4, -0.2) is 16.8 Å². The molecule has 1 heterocycles. The fourth-order valence-electron chi connectivity index (χ4n) is 2.19. The second-order valence-corrected chi connectivity index (χ2v) is 6.01. The summed E-state index contributed by atoms with van der Waals surface area (Å²) in [5.41, 5.74) is 3.72. The molecule has 0 amide bonds. The molecular weight excluding hydrogens is 266 g/mol. The predicted molar refractivity (Wildman–Crippen MR) is 86.1 cm³/mol. The zero-order valence-corrected chi connectivity index (χ0v) is 13.5. The van der Waals surface area contributed by atoms with Crippen molar-refractivity contribution < 1.29 is 0 Å². The van der Waals surface area contributed by atoms with Crippen LogP contribution in [0.3, 0.4) is 0 Å². The largest absolute Gasteiger partial charge is 0.313 e. The number of nitrogens with one attached hydrogen (secondary N) is 1. The zero-order chi connectivity index (χ0) is 14.5. The SMILES string of the molecule is CCn1nc(C)cc1CSc1cccc(C(C)NC)c1. The lowest BCUT2D eigenvalue weighted by Gasteiger charge is -2.12. The first-order valence-electron chi connectivity index (χ1n) is 7.07. The molecular formula is C16H23N3S. The molecule has 108 valence electrons. The molecule has 0 radical (unpaired) electrons. The van der Waals surface area contributed by atoms with Gasteiger partial charge in [-0.15, -0.1) is 11.8 Å². The van der Waals surface area contributed by atoms with E-state index in [1.807, 2.05) is 18.8 Å². The molecule has 3 nitrogen and oxygen atoms in total. The first-order chi connectivity index (χ1) is 9.63. The smallest absolute Gasteiger partial charge is 0.0596 e. The maximum Gasteiger partial charge on any atom is 0.0596 e. The van der Waals surface area contributed by atoms with E-state index in [9.17, 15) is 0 Å². The summed E-state index contributed by atoms with van der Waals surface area (Å²) < 4.78 is 2.09. The number of aromatic nitrogens is 2. The van der Waals surface area contributed by atoms with Gasteiger partial charge in [0.05, 0.1) is 5.69 Å². The number of hydrogen-bond acceptors (Lipinski definition) is 3. The van der Waals surface area contributed by atoms with Crippen molar-refractivity contribution in [1.29, 1.82) is 0 Å². The maximum absolute atomic E-state index is 4.49. The van der Waals surface area contributed by atoms with Crippen LogP contribution in [0.15, 0.2) is 35.2 Å². The molecule has 0 saturated heterocycles. The Labute approximate surface area is 125 Å². The van der Waals surface area contributed by atoms with E-state index in [1.54, 1.807) is 0 Å². The predicted octanol–water partition coefficient (Wildman–Crippen LogP) is 3.78. The van der Waals surface area contributed by atoms with Gasteiger partial charge in [0, 0.05) is 28.9 Å². The Hall–Kier alpha value is -1.26. The van der Waals surface area contributed by atoms with E-state index >= 15 is 0 Å². The monoisotopic (exact) mass is 289 g/mol. The Balaban J connectivity index is 2.07. The van der Waals surface area contributed by atoms with E-state index in [2.05, 4.69) is 66.2 Å². The van der Waals surface area contributed by atoms with Crippen LogP contribution in [0.2, 0.25) is 0 Å². The van der Waals surface area contributed by atoms with E-state index in [0.717, 1.165) is 18.0 Å². The average molecular weight is 289 g/mol. The first-order valence-corrected chi connectivity index (χ1v) is 8.06.